The first-order chi connectivity index (χ1) is 10.2. The molecule has 0 bridgehead atoms. The molecule has 0 amide bonds. The monoisotopic (exact) mass is 287 g/mol. The fourth-order valence-corrected chi connectivity index (χ4v) is 1.71. The van der Waals surface area contributed by atoms with E-state index in [1.807, 2.05) is 31.3 Å². The van der Waals surface area contributed by atoms with Crippen molar-refractivity contribution in [1.82, 2.24) is 0 Å². The number of rotatable bonds is 6. The van der Waals surface area contributed by atoms with E-state index in [2.05, 4.69) is 10.1 Å². The summed E-state index contributed by atoms with van der Waals surface area (Å²) in [4.78, 5) is 11.4. The number of nitrogens with one attached hydrogen (secondary N) is 1. The molecule has 0 spiro atoms. The molecule has 0 saturated carbocycles. The van der Waals surface area contributed by atoms with Crippen molar-refractivity contribution in [1.29, 1.82) is 0 Å². The standard InChI is InChI=1S/C16H17NO4/c1-17-13-6-8-14(9-7-13)20-11-21-15-5-3-4-12(10-15)16(18)19-2/h3-10,17H,11H2,1-2H3. The van der Waals surface area contributed by atoms with Crippen LogP contribution in [0.25, 0.3) is 0 Å². The van der Waals surface area contributed by atoms with Gasteiger partial charge in [0.1, 0.15) is 11.5 Å². The maximum absolute atomic E-state index is 11.4. The van der Waals surface area contributed by atoms with Crippen LogP contribution in [0.3, 0.4) is 0 Å². The summed E-state index contributed by atoms with van der Waals surface area (Å²) >= 11 is 0. The first kappa shape index (κ1) is 14.7. The van der Waals surface area contributed by atoms with Crippen molar-refractivity contribution >= 4 is 11.7 Å². The van der Waals surface area contributed by atoms with Crippen LogP contribution in [0.2, 0.25) is 0 Å². The molecule has 0 unspecified atom stereocenters. The van der Waals surface area contributed by atoms with Crippen LogP contribution in [-0.4, -0.2) is 26.9 Å². The highest BCUT2D eigenvalue weighted by atomic mass is 16.7. The van der Waals surface area contributed by atoms with Gasteiger partial charge in [0.25, 0.3) is 0 Å². The van der Waals surface area contributed by atoms with E-state index in [9.17, 15) is 4.79 Å². The smallest absolute Gasteiger partial charge is 0.337 e. The van der Waals surface area contributed by atoms with Gasteiger partial charge in [0.15, 0.2) is 0 Å². The van der Waals surface area contributed by atoms with E-state index in [-0.39, 0.29) is 6.79 Å². The van der Waals surface area contributed by atoms with Gasteiger partial charge in [-0.25, -0.2) is 4.79 Å². The Morgan fingerprint density at radius 3 is 2.43 bits per heavy atom. The van der Waals surface area contributed by atoms with Gasteiger partial charge in [-0.15, -0.1) is 0 Å². The van der Waals surface area contributed by atoms with Gasteiger partial charge >= 0.3 is 5.97 Å². The van der Waals surface area contributed by atoms with Gasteiger partial charge in [-0.1, -0.05) is 6.07 Å². The largest absolute Gasteiger partial charge is 0.465 e. The van der Waals surface area contributed by atoms with E-state index in [4.69, 9.17) is 9.47 Å². The van der Waals surface area contributed by atoms with E-state index in [0.717, 1.165) is 5.69 Å². The van der Waals surface area contributed by atoms with Crippen LogP contribution in [-0.2, 0) is 4.74 Å². The summed E-state index contributed by atoms with van der Waals surface area (Å²) < 4.78 is 15.6. The molecule has 0 saturated heterocycles. The van der Waals surface area contributed by atoms with Crippen molar-refractivity contribution in [3.05, 3.63) is 54.1 Å². The molecule has 0 aliphatic heterocycles. The summed E-state index contributed by atoms with van der Waals surface area (Å²) in [5.41, 5.74) is 1.45. The molecule has 2 rings (SSSR count). The number of esters is 1. The van der Waals surface area contributed by atoms with Crippen molar-refractivity contribution in [3.8, 4) is 11.5 Å². The lowest BCUT2D eigenvalue weighted by Crippen LogP contribution is -2.07. The minimum Gasteiger partial charge on any atom is -0.465 e. The van der Waals surface area contributed by atoms with E-state index >= 15 is 0 Å². The van der Waals surface area contributed by atoms with Crippen LogP contribution in [0.1, 0.15) is 10.4 Å². The first-order valence-electron chi connectivity index (χ1n) is 6.44. The SMILES string of the molecule is CNc1ccc(OCOc2cccc(C(=O)OC)c2)cc1. The molecular weight excluding hydrogens is 270 g/mol. The highest BCUT2D eigenvalue weighted by Crippen LogP contribution is 2.17. The Balaban J connectivity index is 1.89. The topological polar surface area (TPSA) is 56.8 Å². The van der Waals surface area contributed by atoms with Crippen molar-refractivity contribution in [3.63, 3.8) is 0 Å². The second kappa shape index (κ2) is 7.19. The lowest BCUT2D eigenvalue weighted by Gasteiger charge is -2.09. The maximum Gasteiger partial charge on any atom is 0.337 e. The Bertz CT molecular complexity index is 595. The van der Waals surface area contributed by atoms with Gasteiger partial charge in [0, 0.05) is 12.7 Å². The number of ether oxygens (including phenoxy) is 3. The molecule has 0 fully saturated rings. The van der Waals surface area contributed by atoms with E-state index in [0.29, 0.717) is 17.1 Å². The molecular formula is C16H17NO4. The molecule has 2 aromatic carbocycles. The second-order valence-corrected chi connectivity index (χ2v) is 4.20. The second-order valence-electron chi connectivity index (χ2n) is 4.20. The molecule has 0 aromatic heterocycles. The highest BCUT2D eigenvalue weighted by Gasteiger charge is 2.06. The van der Waals surface area contributed by atoms with Crippen LogP contribution in [0.4, 0.5) is 5.69 Å². The number of carbonyl (C=O) groups excluding carboxylic acids is 1. The molecule has 5 heteroatoms. The van der Waals surface area contributed by atoms with Crippen LogP contribution in [0, 0.1) is 0 Å². The molecule has 2 aromatic rings. The summed E-state index contributed by atoms with van der Waals surface area (Å²) in [6, 6.07) is 14.3. The quantitative estimate of drug-likeness (QED) is 0.654. The Labute approximate surface area is 123 Å². The van der Waals surface area contributed by atoms with E-state index in [1.165, 1.54) is 7.11 Å². The molecule has 0 radical (unpaired) electrons. The number of anilines is 1. The van der Waals surface area contributed by atoms with Crippen molar-refractivity contribution in [2.45, 2.75) is 0 Å². The summed E-state index contributed by atoms with van der Waals surface area (Å²) in [5, 5.41) is 3.03. The summed E-state index contributed by atoms with van der Waals surface area (Å²) in [6.07, 6.45) is 0. The van der Waals surface area contributed by atoms with Gasteiger partial charge in [-0.2, -0.15) is 0 Å². The molecule has 5 nitrogen and oxygen atoms in total. The Morgan fingerprint density at radius 2 is 1.76 bits per heavy atom. The maximum atomic E-state index is 11.4. The Hall–Kier alpha value is -2.69. The summed E-state index contributed by atoms with van der Waals surface area (Å²) in [5.74, 6) is 0.854. The lowest BCUT2D eigenvalue weighted by molar-refractivity contribution is 0.0599. The predicted molar refractivity (Wildman–Crippen MR) is 79.9 cm³/mol. The Morgan fingerprint density at radius 1 is 1.05 bits per heavy atom. The molecule has 0 aliphatic carbocycles. The lowest BCUT2D eigenvalue weighted by atomic mass is 10.2. The molecule has 110 valence electrons. The fourth-order valence-electron chi connectivity index (χ4n) is 1.71. The molecule has 1 N–H and O–H groups in total. The zero-order valence-corrected chi connectivity index (χ0v) is 12.0. The van der Waals surface area contributed by atoms with Gasteiger partial charge in [0.2, 0.25) is 6.79 Å². The van der Waals surface area contributed by atoms with Crippen LogP contribution < -0.4 is 14.8 Å². The van der Waals surface area contributed by atoms with Crippen molar-refractivity contribution in [2.75, 3.05) is 26.3 Å². The minimum absolute atomic E-state index is 0.0591. The van der Waals surface area contributed by atoms with Gasteiger partial charge in [-0.05, 0) is 42.5 Å². The normalized spacial score (nSPS) is 9.81. The zero-order chi connectivity index (χ0) is 15.1. The number of hydrogen-bond acceptors (Lipinski definition) is 5. The average molecular weight is 287 g/mol. The van der Waals surface area contributed by atoms with Crippen LogP contribution >= 0.6 is 0 Å². The van der Waals surface area contributed by atoms with Crippen LogP contribution in [0.15, 0.2) is 48.5 Å². The van der Waals surface area contributed by atoms with Gasteiger partial charge in [0.05, 0.1) is 12.7 Å². The number of methoxy groups -OCH3 is 1. The number of carbonyl (C=O) groups is 1. The summed E-state index contributed by atoms with van der Waals surface area (Å²) in [7, 11) is 3.20. The van der Waals surface area contributed by atoms with Crippen molar-refractivity contribution < 1.29 is 19.0 Å². The third kappa shape index (κ3) is 4.14. The number of benzene rings is 2. The van der Waals surface area contributed by atoms with Gasteiger partial charge < -0.3 is 19.5 Å². The zero-order valence-electron chi connectivity index (χ0n) is 12.0. The predicted octanol–water partition coefficient (Wildman–Crippen LogP) is 2.93. The third-order valence-corrected chi connectivity index (χ3v) is 2.85. The van der Waals surface area contributed by atoms with Crippen LogP contribution in [0.5, 0.6) is 11.5 Å². The van der Waals surface area contributed by atoms with Gasteiger partial charge in [-0.3, -0.25) is 0 Å². The Kier molecular flexibility index (Phi) is 5.04. The number of hydrogen-bond donors (Lipinski definition) is 1. The fraction of sp³-hybridized carbons (Fsp3) is 0.188. The first-order valence-corrected chi connectivity index (χ1v) is 6.44. The third-order valence-electron chi connectivity index (χ3n) is 2.85. The summed E-state index contributed by atoms with van der Waals surface area (Å²) in [6.45, 7) is 0.0591. The van der Waals surface area contributed by atoms with E-state index in [1.54, 1.807) is 24.3 Å². The highest BCUT2D eigenvalue weighted by molar-refractivity contribution is 5.89. The van der Waals surface area contributed by atoms with E-state index < -0.39 is 5.97 Å². The molecule has 21 heavy (non-hydrogen) atoms. The minimum atomic E-state index is -0.399. The van der Waals surface area contributed by atoms with Crippen molar-refractivity contribution in [2.24, 2.45) is 0 Å². The average Bonchev–Trinajstić information content (AvgIpc) is 2.55. The molecule has 0 heterocycles. The molecule has 0 aliphatic rings. The molecule has 0 atom stereocenters.